The van der Waals surface area contributed by atoms with Gasteiger partial charge in [-0.15, -0.1) is 0 Å². The molecule has 0 aliphatic heterocycles. The number of amides is 1. The molecule has 1 aromatic heterocycles. The van der Waals surface area contributed by atoms with E-state index < -0.39 is 11.7 Å². The second-order valence-electron chi connectivity index (χ2n) is 7.43. The third kappa shape index (κ3) is 4.98. The first-order valence-corrected chi connectivity index (χ1v) is 9.09. The highest BCUT2D eigenvalue weighted by Crippen LogP contribution is 2.25. The lowest BCUT2D eigenvalue weighted by Gasteiger charge is -2.21. The summed E-state index contributed by atoms with van der Waals surface area (Å²) in [6.07, 6.45) is -0.547. The zero-order valence-corrected chi connectivity index (χ0v) is 16.3. The summed E-state index contributed by atoms with van der Waals surface area (Å²) in [7, 11) is 0. The van der Waals surface area contributed by atoms with Crippen LogP contribution in [0.4, 0.5) is 10.6 Å². The molecule has 0 spiro atoms. The van der Waals surface area contributed by atoms with E-state index in [0.717, 1.165) is 10.9 Å². The van der Waals surface area contributed by atoms with E-state index in [0.29, 0.717) is 17.9 Å². The highest BCUT2D eigenvalue weighted by molar-refractivity contribution is 6.00. The van der Waals surface area contributed by atoms with Crippen LogP contribution in [0.25, 0.3) is 10.9 Å². The predicted octanol–water partition coefficient (Wildman–Crippen LogP) is 4.58. The molecular weight excluding hydrogens is 356 g/mol. The van der Waals surface area contributed by atoms with E-state index in [-0.39, 0.29) is 12.5 Å². The molecule has 146 valence electrons. The van der Waals surface area contributed by atoms with Crippen molar-refractivity contribution in [3.8, 4) is 0 Å². The molecule has 0 saturated heterocycles. The Kier molecular flexibility index (Phi) is 5.80. The highest BCUT2D eigenvalue weighted by atomic mass is 16.6. The summed E-state index contributed by atoms with van der Waals surface area (Å²) in [5.41, 5.74) is 0.998. The molecule has 3 rings (SSSR count). The van der Waals surface area contributed by atoms with E-state index in [9.17, 15) is 9.59 Å². The number of rotatable bonds is 5. The van der Waals surface area contributed by atoms with E-state index >= 15 is 0 Å². The van der Waals surface area contributed by atoms with Gasteiger partial charge in [-0.25, -0.2) is 9.36 Å². The molecule has 1 N–H and O–H groups in total. The van der Waals surface area contributed by atoms with E-state index in [2.05, 4.69) is 5.32 Å². The van der Waals surface area contributed by atoms with Gasteiger partial charge in [-0.1, -0.05) is 48.5 Å². The number of aromatic nitrogens is 1. The Balaban J connectivity index is 1.73. The fourth-order valence-electron chi connectivity index (χ4n) is 2.77. The van der Waals surface area contributed by atoms with Gasteiger partial charge in [-0.3, -0.25) is 4.79 Å². The number of anilines is 1. The van der Waals surface area contributed by atoms with Crippen LogP contribution in [-0.2, 0) is 20.9 Å². The number of benzene rings is 2. The van der Waals surface area contributed by atoms with Crippen LogP contribution in [0.3, 0.4) is 0 Å². The molecule has 2 aromatic carbocycles. The molecule has 0 bridgehead atoms. The van der Waals surface area contributed by atoms with Gasteiger partial charge in [-0.2, -0.15) is 0 Å². The first kappa shape index (κ1) is 19.6. The zero-order valence-electron chi connectivity index (χ0n) is 16.3. The molecule has 0 fully saturated rings. The monoisotopic (exact) mass is 380 g/mol. The van der Waals surface area contributed by atoms with Gasteiger partial charge in [0.2, 0.25) is 0 Å². The van der Waals surface area contributed by atoms with Gasteiger partial charge in [0, 0.05) is 5.39 Å². The minimum atomic E-state index is -0.650. The van der Waals surface area contributed by atoms with Crippen molar-refractivity contribution in [1.82, 2.24) is 4.57 Å². The maximum Gasteiger partial charge on any atom is 0.420 e. The number of ether oxygens (including phenoxy) is 2. The molecule has 6 heteroatoms. The second kappa shape index (κ2) is 8.27. The topological polar surface area (TPSA) is 69.6 Å². The van der Waals surface area contributed by atoms with Crippen LogP contribution in [-0.4, -0.2) is 28.8 Å². The number of hydrogen-bond acceptors (Lipinski definition) is 4. The lowest BCUT2D eigenvalue weighted by Crippen LogP contribution is -2.29. The van der Waals surface area contributed by atoms with Gasteiger partial charge in [0.05, 0.1) is 12.1 Å². The van der Waals surface area contributed by atoms with Crippen LogP contribution >= 0.6 is 0 Å². The van der Waals surface area contributed by atoms with Gasteiger partial charge in [0.25, 0.3) is 5.91 Å². The van der Waals surface area contributed by atoms with Crippen molar-refractivity contribution < 1.29 is 19.1 Å². The second-order valence-corrected chi connectivity index (χ2v) is 7.43. The van der Waals surface area contributed by atoms with Crippen molar-refractivity contribution in [3.05, 3.63) is 66.2 Å². The zero-order chi connectivity index (χ0) is 20.1. The Labute approximate surface area is 164 Å². The number of para-hydroxylation sites is 1. The minimum absolute atomic E-state index is 0.120. The van der Waals surface area contributed by atoms with Crippen LogP contribution in [0.2, 0.25) is 0 Å². The molecule has 0 saturated carbocycles. The molecule has 0 radical (unpaired) electrons. The fraction of sp³-hybridized carbons (Fsp3) is 0.273. The third-order valence-electron chi connectivity index (χ3n) is 3.90. The Bertz CT molecular complexity index is 971. The molecule has 1 heterocycles. The van der Waals surface area contributed by atoms with Crippen LogP contribution in [0.1, 0.15) is 26.3 Å². The van der Waals surface area contributed by atoms with E-state index in [4.69, 9.17) is 9.47 Å². The smallest absolute Gasteiger partial charge is 0.420 e. The van der Waals surface area contributed by atoms with Crippen molar-refractivity contribution in [2.24, 2.45) is 0 Å². The summed E-state index contributed by atoms with van der Waals surface area (Å²) >= 11 is 0. The SMILES string of the molecule is CC(C)(C)OC(=O)n1c(NC(=O)COCc2ccccc2)cc2ccccc21. The minimum Gasteiger partial charge on any atom is -0.443 e. The lowest BCUT2D eigenvalue weighted by atomic mass is 10.2. The van der Waals surface area contributed by atoms with Gasteiger partial charge in [0.15, 0.2) is 0 Å². The van der Waals surface area contributed by atoms with Crippen molar-refractivity contribution in [1.29, 1.82) is 0 Å². The third-order valence-corrected chi connectivity index (χ3v) is 3.90. The van der Waals surface area contributed by atoms with E-state index in [1.54, 1.807) is 32.9 Å². The van der Waals surface area contributed by atoms with Crippen LogP contribution in [0.15, 0.2) is 60.7 Å². The molecule has 3 aromatic rings. The molecule has 28 heavy (non-hydrogen) atoms. The van der Waals surface area contributed by atoms with Crippen LogP contribution < -0.4 is 5.32 Å². The summed E-state index contributed by atoms with van der Waals surface area (Å²) in [5, 5.41) is 3.58. The number of carbonyl (C=O) groups is 2. The summed E-state index contributed by atoms with van der Waals surface area (Å²) < 4.78 is 12.3. The molecule has 6 nitrogen and oxygen atoms in total. The normalized spacial score (nSPS) is 11.4. The van der Waals surface area contributed by atoms with Gasteiger partial charge < -0.3 is 14.8 Å². The number of carbonyl (C=O) groups excluding carboxylic acids is 2. The Hall–Kier alpha value is -3.12. The average molecular weight is 380 g/mol. The summed E-state index contributed by atoms with van der Waals surface area (Å²) in [6.45, 7) is 5.61. The van der Waals surface area contributed by atoms with E-state index in [1.165, 1.54) is 4.57 Å². The first-order chi connectivity index (χ1) is 13.3. The van der Waals surface area contributed by atoms with Crippen molar-refractivity contribution in [3.63, 3.8) is 0 Å². The standard InChI is InChI=1S/C22H24N2O4/c1-22(2,3)28-21(26)24-18-12-8-7-11-17(18)13-19(24)23-20(25)15-27-14-16-9-5-4-6-10-16/h4-13H,14-15H2,1-3H3,(H,23,25). The Morgan fingerprint density at radius 1 is 1.00 bits per heavy atom. The quantitative estimate of drug-likeness (QED) is 0.703. The van der Waals surface area contributed by atoms with Gasteiger partial charge in [-0.05, 0) is 38.5 Å². The molecular formula is C22H24N2O4. The van der Waals surface area contributed by atoms with Crippen LogP contribution in [0, 0.1) is 0 Å². The van der Waals surface area contributed by atoms with Gasteiger partial charge >= 0.3 is 6.09 Å². The fourth-order valence-corrected chi connectivity index (χ4v) is 2.77. The lowest BCUT2D eigenvalue weighted by molar-refractivity contribution is -0.121. The first-order valence-electron chi connectivity index (χ1n) is 9.09. The number of hydrogen-bond donors (Lipinski definition) is 1. The summed E-state index contributed by atoms with van der Waals surface area (Å²) in [4.78, 5) is 25.0. The Morgan fingerprint density at radius 2 is 1.68 bits per heavy atom. The van der Waals surface area contributed by atoms with Crippen molar-refractivity contribution in [2.45, 2.75) is 33.0 Å². The van der Waals surface area contributed by atoms with Crippen molar-refractivity contribution >= 4 is 28.7 Å². The molecule has 1 amide bonds. The van der Waals surface area contributed by atoms with E-state index in [1.807, 2.05) is 48.5 Å². The number of fused-ring (bicyclic) bond motifs is 1. The Morgan fingerprint density at radius 3 is 2.39 bits per heavy atom. The molecule has 0 atom stereocenters. The van der Waals surface area contributed by atoms with Crippen LogP contribution in [0.5, 0.6) is 0 Å². The average Bonchev–Trinajstić information content (AvgIpc) is 2.99. The van der Waals surface area contributed by atoms with Crippen molar-refractivity contribution in [2.75, 3.05) is 11.9 Å². The predicted molar refractivity (Wildman–Crippen MR) is 108 cm³/mol. The number of nitrogens with zero attached hydrogens (tertiary/aromatic N) is 1. The molecule has 0 aliphatic rings. The summed E-state index contributed by atoms with van der Waals surface area (Å²) in [5.74, 6) is 0.00677. The summed E-state index contributed by atoms with van der Waals surface area (Å²) in [6, 6.07) is 18.7. The largest absolute Gasteiger partial charge is 0.443 e. The maximum atomic E-state index is 12.7. The maximum absolute atomic E-state index is 12.7. The van der Waals surface area contributed by atoms with Gasteiger partial charge in [0.1, 0.15) is 18.0 Å². The highest BCUT2D eigenvalue weighted by Gasteiger charge is 2.22. The number of nitrogens with one attached hydrogen (secondary N) is 1. The molecule has 0 aliphatic carbocycles. The molecule has 0 unspecified atom stereocenters.